The Hall–Kier alpha value is -0.160. The van der Waals surface area contributed by atoms with Crippen LogP contribution in [0.4, 0.5) is 0 Å². The van der Waals surface area contributed by atoms with Crippen molar-refractivity contribution in [1.82, 2.24) is 10.2 Å². The summed E-state index contributed by atoms with van der Waals surface area (Å²) in [7, 11) is 4.37. The van der Waals surface area contributed by atoms with Gasteiger partial charge in [0.25, 0.3) is 0 Å². The third-order valence-corrected chi connectivity index (χ3v) is 3.95. The molecular weight excluding hydrogens is 228 g/mol. The van der Waals surface area contributed by atoms with Crippen LogP contribution in [-0.4, -0.2) is 57.1 Å². The Morgan fingerprint density at radius 1 is 1.17 bits per heavy atom. The van der Waals surface area contributed by atoms with E-state index in [1.807, 2.05) is 13.8 Å². The van der Waals surface area contributed by atoms with E-state index >= 15 is 0 Å². The van der Waals surface area contributed by atoms with Crippen LogP contribution >= 0.6 is 0 Å². The number of ether oxygens (including phenoxy) is 2. The highest BCUT2D eigenvalue weighted by Crippen LogP contribution is 2.35. The maximum absolute atomic E-state index is 5.53. The lowest BCUT2D eigenvalue weighted by molar-refractivity contribution is -0.138. The fourth-order valence-corrected chi connectivity index (χ4v) is 2.49. The first-order valence-electron chi connectivity index (χ1n) is 7.26. The predicted octanol–water partition coefficient (Wildman–Crippen LogP) is 1.85. The standard InChI is InChI=1S/C14H30N2O2/c1-5-17-13(18-6-2)8-11-15-12-14(16(3)4)9-7-10-14/h13,15H,5-12H2,1-4H3. The lowest BCUT2D eigenvalue weighted by Gasteiger charge is -2.47. The van der Waals surface area contributed by atoms with Gasteiger partial charge in [0.15, 0.2) is 6.29 Å². The van der Waals surface area contributed by atoms with Crippen molar-refractivity contribution in [1.29, 1.82) is 0 Å². The van der Waals surface area contributed by atoms with Gasteiger partial charge in [0.2, 0.25) is 0 Å². The van der Waals surface area contributed by atoms with Crippen LogP contribution in [0.15, 0.2) is 0 Å². The normalized spacial score (nSPS) is 18.3. The van der Waals surface area contributed by atoms with E-state index in [1.165, 1.54) is 19.3 Å². The van der Waals surface area contributed by atoms with E-state index in [4.69, 9.17) is 9.47 Å². The molecule has 0 amide bonds. The summed E-state index contributed by atoms with van der Waals surface area (Å²) in [5.74, 6) is 0. The summed E-state index contributed by atoms with van der Waals surface area (Å²) in [4.78, 5) is 2.37. The van der Waals surface area contributed by atoms with Crippen molar-refractivity contribution >= 4 is 0 Å². The van der Waals surface area contributed by atoms with Gasteiger partial charge < -0.3 is 19.7 Å². The van der Waals surface area contributed by atoms with Crippen molar-refractivity contribution < 1.29 is 9.47 Å². The summed E-state index contributed by atoms with van der Waals surface area (Å²) >= 11 is 0. The first-order valence-corrected chi connectivity index (χ1v) is 7.26. The predicted molar refractivity (Wildman–Crippen MR) is 74.8 cm³/mol. The molecule has 0 unspecified atom stereocenters. The minimum atomic E-state index is -0.0517. The molecule has 0 radical (unpaired) electrons. The zero-order valence-electron chi connectivity index (χ0n) is 12.5. The van der Waals surface area contributed by atoms with Crippen LogP contribution in [0.1, 0.15) is 39.5 Å². The molecule has 0 aromatic heterocycles. The first-order chi connectivity index (χ1) is 8.64. The van der Waals surface area contributed by atoms with Gasteiger partial charge in [0.1, 0.15) is 0 Å². The molecule has 0 heterocycles. The Kier molecular flexibility index (Phi) is 7.15. The van der Waals surface area contributed by atoms with Gasteiger partial charge in [0.05, 0.1) is 0 Å². The molecule has 1 aliphatic carbocycles. The maximum Gasteiger partial charge on any atom is 0.158 e. The van der Waals surface area contributed by atoms with Crippen molar-refractivity contribution in [2.75, 3.05) is 40.4 Å². The van der Waals surface area contributed by atoms with Gasteiger partial charge in [-0.2, -0.15) is 0 Å². The van der Waals surface area contributed by atoms with Gasteiger partial charge in [-0.1, -0.05) is 0 Å². The molecule has 0 aromatic carbocycles. The van der Waals surface area contributed by atoms with E-state index in [0.717, 1.165) is 19.5 Å². The number of hydrogen-bond acceptors (Lipinski definition) is 4. The number of rotatable bonds is 10. The highest BCUT2D eigenvalue weighted by atomic mass is 16.7. The second-order valence-corrected chi connectivity index (χ2v) is 5.28. The van der Waals surface area contributed by atoms with E-state index in [-0.39, 0.29) is 6.29 Å². The lowest BCUT2D eigenvalue weighted by Crippen LogP contribution is -2.56. The number of nitrogens with one attached hydrogen (secondary N) is 1. The second-order valence-electron chi connectivity index (χ2n) is 5.28. The molecule has 4 nitrogen and oxygen atoms in total. The maximum atomic E-state index is 5.53. The van der Waals surface area contributed by atoms with Gasteiger partial charge >= 0.3 is 0 Å². The van der Waals surface area contributed by atoms with Crippen molar-refractivity contribution in [3.63, 3.8) is 0 Å². The monoisotopic (exact) mass is 258 g/mol. The fourth-order valence-electron chi connectivity index (χ4n) is 2.49. The number of likely N-dealkylation sites (N-methyl/N-ethyl adjacent to an activating group) is 1. The number of nitrogens with zero attached hydrogens (tertiary/aromatic N) is 1. The Labute approximate surface area is 112 Å². The number of hydrogen-bond donors (Lipinski definition) is 1. The van der Waals surface area contributed by atoms with Gasteiger partial charge in [-0.05, 0) is 47.2 Å². The first kappa shape index (κ1) is 15.9. The van der Waals surface area contributed by atoms with Gasteiger partial charge in [-0.15, -0.1) is 0 Å². The summed E-state index contributed by atoms with van der Waals surface area (Å²) < 4.78 is 11.1. The molecule has 0 saturated heterocycles. The second kappa shape index (κ2) is 8.10. The molecule has 1 N–H and O–H groups in total. The SMILES string of the molecule is CCOC(CCNCC1(N(C)C)CCC1)OCC. The van der Waals surface area contributed by atoms with Crippen LogP contribution < -0.4 is 5.32 Å². The van der Waals surface area contributed by atoms with Crippen LogP contribution in [0.25, 0.3) is 0 Å². The quantitative estimate of drug-likeness (QED) is 0.479. The summed E-state index contributed by atoms with van der Waals surface area (Å²) in [5, 5.41) is 3.56. The van der Waals surface area contributed by atoms with E-state index in [9.17, 15) is 0 Å². The minimum absolute atomic E-state index is 0.0517. The largest absolute Gasteiger partial charge is 0.353 e. The smallest absolute Gasteiger partial charge is 0.158 e. The summed E-state index contributed by atoms with van der Waals surface area (Å²) in [6.07, 6.45) is 4.86. The Bertz CT molecular complexity index is 212. The van der Waals surface area contributed by atoms with Crippen LogP contribution in [0.3, 0.4) is 0 Å². The molecule has 0 atom stereocenters. The van der Waals surface area contributed by atoms with Crippen molar-refractivity contribution in [2.45, 2.75) is 51.4 Å². The molecular formula is C14H30N2O2. The molecule has 1 aliphatic rings. The minimum Gasteiger partial charge on any atom is -0.353 e. The van der Waals surface area contributed by atoms with Crippen LogP contribution in [0.2, 0.25) is 0 Å². The van der Waals surface area contributed by atoms with Gasteiger partial charge in [-0.3, -0.25) is 0 Å². The molecule has 0 aromatic rings. The van der Waals surface area contributed by atoms with Crippen molar-refractivity contribution in [3.8, 4) is 0 Å². The molecule has 0 bridgehead atoms. The highest BCUT2D eigenvalue weighted by Gasteiger charge is 2.38. The lowest BCUT2D eigenvalue weighted by atomic mass is 9.75. The third kappa shape index (κ3) is 4.50. The molecule has 1 rings (SSSR count). The topological polar surface area (TPSA) is 33.7 Å². The summed E-state index contributed by atoms with van der Waals surface area (Å²) in [6, 6.07) is 0. The summed E-state index contributed by atoms with van der Waals surface area (Å²) in [6.45, 7) is 7.48. The van der Waals surface area contributed by atoms with Crippen molar-refractivity contribution in [3.05, 3.63) is 0 Å². The molecule has 0 aliphatic heterocycles. The molecule has 18 heavy (non-hydrogen) atoms. The third-order valence-electron chi connectivity index (χ3n) is 3.95. The van der Waals surface area contributed by atoms with E-state index < -0.39 is 0 Å². The average molecular weight is 258 g/mol. The summed E-state index contributed by atoms with van der Waals surface area (Å²) in [5.41, 5.74) is 0.396. The average Bonchev–Trinajstić information content (AvgIpc) is 2.26. The fraction of sp³-hybridized carbons (Fsp3) is 1.00. The molecule has 1 fully saturated rings. The Morgan fingerprint density at radius 3 is 2.17 bits per heavy atom. The van der Waals surface area contributed by atoms with Crippen LogP contribution in [0.5, 0.6) is 0 Å². The van der Waals surface area contributed by atoms with Crippen molar-refractivity contribution in [2.24, 2.45) is 0 Å². The van der Waals surface area contributed by atoms with Gasteiger partial charge in [-0.25, -0.2) is 0 Å². The van der Waals surface area contributed by atoms with Gasteiger partial charge in [0, 0.05) is 38.3 Å². The molecule has 4 heteroatoms. The molecule has 1 saturated carbocycles. The van der Waals surface area contributed by atoms with Crippen LogP contribution in [-0.2, 0) is 9.47 Å². The Morgan fingerprint density at radius 2 is 1.78 bits per heavy atom. The zero-order chi connectivity index (χ0) is 13.4. The highest BCUT2D eigenvalue weighted by molar-refractivity contribution is 4.97. The van der Waals surface area contributed by atoms with Crippen LogP contribution in [0, 0.1) is 0 Å². The Balaban J connectivity index is 2.16. The van der Waals surface area contributed by atoms with E-state index in [0.29, 0.717) is 18.8 Å². The van der Waals surface area contributed by atoms with E-state index in [2.05, 4.69) is 24.3 Å². The molecule has 0 spiro atoms. The molecule has 108 valence electrons. The van der Waals surface area contributed by atoms with E-state index in [1.54, 1.807) is 0 Å². The zero-order valence-corrected chi connectivity index (χ0v) is 12.5.